The number of rotatable bonds is 11. The number of ether oxygens (including phenoxy) is 4. The van der Waals surface area contributed by atoms with Gasteiger partial charge in [-0.1, -0.05) is 17.9 Å². The van der Waals surface area contributed by atoms with Crippen molar-refractivity contribution in [3.63, 3.8) is 0 Å². The predicted molar refractivity (Wildman–Crippen MR) is 131 cm³/mol. The summed E-state index contributed by atoms with van der Waals surface area (Å²) in [7, 11) is 2.36. The third-order valence-corrected chi connectivity index (χ3v) is 6.00. The van der Waals surface area contributed by atoms with Crippen LogP contribution in [0.3, 0.4) is 0 Å². The highest BCUT2D eigenvalue weighted by Crippen LogP contribution is 2.35. The molecule has 0 amide bonds. The van der Waals surface area contributed by atoms with E-state index in [1.54, 1.807) is 35.2 Å². The Morgan fingerprint density at radius 2 is 1.45 bits per heavy atom. The summed E-state index contributed by atoms with van der Waals surface area (Å²) in [6.07, 6.45) is 12.4. The van der Waals surface area contributed by atoms with Crippen LogP contribution in [0.1, 0.15) is 11.1 Å². The lowest BCUT2D eigenvalue weighted by molar-refractivity contribution is 0.374. The summed E-state index contributed by atoms with van der Waals surface area (Å²) in [5, 5.41) is 1.13. The van der Waals surface area contributed by atoms with Crippen LogP contribution in [0.25, 0.3) is 6.08 Å². The molecule has 0 spiro atoms. The van der Waals surface area contributed by atoms with Gasteiger partial charge in [-0.3, -0.25) is 0 Å². The number of terminal acetylenes is 2. The molecule has 0 saturated heterocycles. The lowest BCUT2D eigenvalue weighted by atomic mass is 10.1. The first kappa shape index (κ1) is 25.5. The second-order valence-corrected chi connectivity index (χ2v) is 8.71. The molecule has 7 nitrogen and oxygen atoms in total. The van der Waals surface area contributed by atoms with Crippen LogP contribution in [-0.2, 0) is 15.6 Å². The maximum Gasteiger partial charge on any atom is 0.175 e. The number of methoxy groups -OCH3 is 4. The van der Waals surface area contributed by atoms with Gasteiger partial charge < -0.3 is 23.8 Å². The van der Waals surface area contributed by atoms with Gasteiger partial charge in [0.15, 0.2) is 9.84 Å². The highest BCUT2D eigenvalue weighted by molar-refractivity contribution is 7.93. The zero-order chi connectivity index (χ0) is 24.4. The summed E-state index contributed by atoms with van der Waals surface area (Å²) in [4.78, 5) is 1.76. The standard InChI is InChI=1S/C25H27NO6S/c1-7-12-26(13-8-2)22-15-19(9-10-23(22)30-4)18-33(27,28)14-11-21-24(31-5)16-20(29-3)17-25(21)32-6/h1-2,9-11,14-17H,12-13,18H2,3-6H3. The smallest absolute Gasteiger partial charge is 0.175 e. The van der Waals surface area contributed by atoms with Crippen LogP contribution < -0.4 is 23.8 Å². The van der Waals surface area contributed by atoms with E-state index in [1.165, 1.54) is 34.5 Å². The van der Waals surface area contributed by atoms with Gasteiger partial charge >= 0.3 is 0 Å². The van der Waals surface area contributed by atoms with Gasteiger partial charge in [-0.25, -0.2) is 8.42 Å². The predicted octanol–water partition coefficient (Wildman–Crippen LogP) is 3.38. The van der Waals surface area contributed by atoms with Crippen molar-refractivity contribution in [1.29, 1.82) is 0 Å². The molecule has 0 aliphatic carbocycles. The highest BCUT2D eigenvalue weighted by Gasteiger charge is 2.16. The Labute approximate surface area is 195 Å². The second-order valence-electron chi connectivity index (χ2n) is 6.83. The van der Waals surface area contributed by atoms with E-state index in [4.69, 9.17) is 31.8 Å². The van der Waals surface area contributed by atoms with Crippen molar-refractivity contribution in [3.8, 4) is 47.7 Å². The van der Waals surface area contributed by atoms with Crippen LogP contribution in [-0.4, -0.2) is 49.9 Å². The molecule has 0 radical (unpaired) electrons. The first-order chi connectivity index (χ1) is 15.8. The van der Waals surface area contributed by atoms with Crippen molar-refractivity contribution < 1.29 is 27.4 Å². The first-order valence-electron chi connectivity index (χ1n) is 9.82. The largest absolute Gasteiger partial charge is 0.496 e. The summed E-state index contributed by atoms with van der Waals surface area (Å²) in [5.41, 5.74) is 1.67. The van der Waals surface area contributed by atoms with Crippen LogP contribution in [0.2, 0.25) is 0 Å². The van der Waals surface area contributed by atoms with Gasteiger partial charge in [0.25, 0.3) is 0 Å². The maximum atomic E-state index is 12.9. The molecule has 33 heavy (non-hydrogen) atoms. The molecule has 0 heterocycles. The third kappa shape index (κ3) is 6.61. The zero-order valence-corrected chi connectivity index (χ0v) is 19.9. The molecular weight excluding hydrogens is 442 g/mol. The van der Waals surface area contributed by atoms with Crippen LogP contribution in [0.5, 0.6) is 23.0 Å². The van der Waals surface area contributed by atoms with Gasteiger partial charge in [0, 0.05) is 17.5 Å². The Bertz CT molecular complexity index is 1150. The fourth-order valence-electron chi connectivity index (χ4n) is 3.17. The molecule has 2 rings (SSSR count). The minimum Gasteiger partial charge on any atom is -0.496 e. The Hall–Kier alpha value is -3.75. The molecule has 0 N–H and O–H groups in total. The van der Waals surface area contributed by atoms with Gasteiger partial charge in [-0.15, -0.1) is 12.8 Å². The SMILES string of the molecule is C#CCN(CC#C)c1cc(CS(=O)(=O)C=Cc2c(OC)cc(OC)cc2OC)ccc1OC. The maximum absolute atomic E-state index is 12.9. The van der Waals surface area contributed by atoms with Gasteiger partial charge in [0.05, 0.1) is 58.5 Å². The van der Waals surface area contributed by atoms with Gasteiger partial charge in [0.1, 0.15) is 23.0 Å². The minimum atomic E-state index is -3.65. The average Bonchev–Trinajstić information content (AvgIpc) is 2.81. The van der Waals surface area contributed by atoms with Crippen molar-refractivity contribution in [2.24, 2.45) is 0 Å². The third-order valence-electron chi connectivity index (χ3n) is 4.71. The van der Waals surface area contributed by atoms with E-state index in [0.29, 0.717) is 39.8 Å². The van der Waals surface area contributed by atoms with Gasteiger partial charge in [0.2, 0.25) is 0 Å². The zero-order valence-electron chi connectivity index (χ0n) is 19.1. The molecule has 2 aromatic rings. The van der Waals surface area contributed by atoms with E-state index in [-0.39, 0.29) is 18.8 Å². The number of nitrogens with zero attached hydrogens (tertiary/aromatic N) is 1. The lowest BCUT2D eigenvalue weighted by Gasteiger charge is -2.23. The number of hydrogen-bond donors (Lipinski definition) is 0. The minimum absolute atomic E-state index is 0.235. The quantitative estimate of drug-likeness (QED) is 0.467. The molecule has 2 aromatic carbocycles. The monoisotopic (exact) mass is 469 g/mol. The van der Waals surface area contributed by atoms with Crippen molar-refractivity contribution in [2.75, 3.05) is 46.4 Å². The molecule has 8 heteroatoms. The Morgan fingerprint density at radius 1 is 0.879 bits per heavy atom. The molecule has 0 bridgehead atoms. The van der Waals surface area contributed by atoms with Crippen molar-refractivity contribution in [1.82, 2.24) is 0 Å². The van der Waals surface area contributed by atoms with Crippen molar-refractivity contribution in [3.05, 3.63) is 46.9 Å². The number of sulfone groups is 1. The first-order valence-corrected chi connectivity index (χ1v) is 11.5. The molecule has 0 aliphatic heterocycles. The van der Waals surface area contributed by atoms with Crippen LogP contribution in [0, 0.1) is 24.7 Å². The molecule has 0 aromatic heterocycles. The summed E-state index contributed by atoms with van der Waals surface area (Å²) < 4.78 is 47.1. The molecular formula is C25H27NO6S. The fourth-order valence-corrected chi connectivity index (χ4v) is 4.25. The summed E-state index contributed by atoms with van der Waals surface area (Å²) in [5.74, 6) is 6.78. The van der Waals surface area contributed by atoms with E-state index in [1.807, 2.05) is 0 Å². The highest BCUT2D eigenvalue weighted by atomic mass is 32.2. The molecule has 0 saturated carbocycles. The van der Waals surface area contributed by atoms with E-state index in [2.05, 4.69) is 11.8 Å². The van der Waals surface area contributed by atoms with Crippen molar-refractivity contribution in [2.45, 2.75) is 5.75 Å². The van der Waals surface area contributed by atoms with E-state index in [9.17, 15) is 8.42 Å². The average molecular weight is 470 g/mol. The fraction of sp³-hybridized carbons (Fsp3) is 0.280. The van der Waals surface area contributed by atoms with Crippen LogP contribution >= 0.6 is 0 Å². The van der Waals surface area contributed by atoms with E-state index < -0.39 is 9.84 Å². The Kier molecular flexibility index (Phi) is 9.08. The molecule has 0 unspecified atom stereocenters. The number of anilines is 1. The number of hydrogen-bond acceptors (Lipinski definition) is 7. The van der Waals surface area contributed by atoms with Crippen LogP contribution in [0.4, 0.5) is 5.69 Å². The summed E-state index contributed by atoms with van der Waals surface area (Å²) in [6, 6.07) is 8.39. The Morgan fingerprint density at radius 3 is 1.94 bits per heavy atom. The molecule has 0 fully saturated rings. The topological polar surface area (TPSA) is 74.3 Å². The van der Waals surface area contributed by atoms with E-state index in [0.717, 1.165) is 5.41 Å². The second kappa shape index (κ2) is 11.8. The van der Waals surface area contributed by atoms with Gasteiger partial charge in [-0.05, 0) is 23.8 Å². The number of benzene rings is 2. The molecule has 174 valence electrons. The Balaban J connectivity index is 2.39. The molecule has 0 atom stereocenters. The normalized spacial score (nSPS) is 10.8. The summed E-state index contributed by atoms with van der Waals surface area (Å²) >= 11 is 0. The van der Waals surface area contributed by atoms with Crippen molar-refractivity contribution >= 4 is 21.6 Å². The summed E-state index contributed by atoms with van der Waals surface area (Å²) in [6.45, 7) is 0.515. The molecule has 0 aliphatic rings. The lowest BCUT2D eigenvalue weighted by Crippen LogP contribution is -2.24. The van der Waals surface area contributed by atoms with Gasteiger partial charge in [-0.2, -0.15) is 0 Å². The van der Waals surface area contributed by atoms with Crippen LogP contribution in [0.15, 0.2) is 35.7 Å². The van der Waals surface area contributed by atoms with E-state index >= 15 is 0 Å².